The molecule has 0 aromatic heterocycles. The van der Waals surface area contributed by atoms with Crippen molar-refractivity contribution in [2.24, 2.45) is 0 Å². The summed E-state index contributed by atoms with van der Waals surface area (Å²) in [7, 11) is 0. The second-order valence-electron chi connectivity index (χ2n) is 6.58. The van der Waals surface area contributed by atoms with Gasteiger partial charge in [-0.25, -0.2) is 0 Å². The standard InChI is InChI=1S/C17H27NO7/c1-11(19)18-17(10-16-22-8-5-9-23-16)14(24-12(2)20)6-4-7-15(17)25-13(3)21/h14-16H,4-10H2,1-3H3,(H,18,19)/t14-,15+,17?. The molecule has 1 N–H and O–H groups in total. The molecule has 1 amide bonds. The number of hydrogen-bond acceptors (Lipinski definition) is 7. The molecule has 1 aliphatic carbocycles. The molecular weight excluding hydrogens is 330 g/mol. The fraction of sp³-hybridized carbons (Fsp3) is 0.824. The lowest BCUT2D eigenvalue weighted by atomic mass is 9.73. The molecule has 1 heterocycles. The van der Waals surface area contributed by atoms with Gasteiger partial charge in [0.1, 0.15) is 17.7 Å². The van der Waals surface area contributed by atoms with Crippen molar-refractivity contribution in [2.45, 2.75) is 76.9 Å². The van der Waals surface area contributed by atoms with Gasteiger partial charge in [0.15, 0.2) is 6.29 Å². The van der Waals surface area contributed by atoms with Crippen LogP contribution in [0.2, 0.25) is 0 Å². The van der Waals surface area contributed by atoms with E-state index < -0.39 is 36.0 Å². The second kappa shape index (κ2) is 8.62. The summed E-state index contributed by atoms with van der Waals surface area (Å²) < 4.78 is 22.3. The van der Waals surface area contributed by atoms with Crippen molar-refractivity contribution in [3.05, 3.63) is 0 Å². The Kier molecular flexibility index (Phi) is 6.78. The van der Waals surface area contributed by atoms with Crippen LogP contribution in [0.4, 0.5) is 0 Å². The number of carbonyl (C=O) groups is 3. The summed E-state index contributed by atoms with van der Waals surface area (Å²) >= 11 is 0. The zero-order chi connectivity index (χ0) is 18.4. The molecular formula is C17H27NO7. The average Bonchev–Trinajstić information content (AvgIpc) is 2.51. The molecule has 1 unspecified atom stereocenters. The van der Waals surface area contributed by atoms with Crippen LogP contribution in [0, 0.1) is 0 Å². The monoisotopic (exact) mass is 357 g/mol. The van der Waals surface area contributed by atoms with Gasteiger partial charge >= 0.3 is 11.9 Å². The number of nitrogens with one attached hydrogen (secondary N) is 1. The molecule has 142 valence electrons. The SMILES string of the molecule is CC(=O)NC1(CC2OCCCO2)[C@@H](OC(C)=O)CCC[C@H]1OC(C)=O. The van der Waals surface area contributed by atoms with Crippen molar-refractivity contribution < 1.29 is 33.3 Å². The van der Waals surface area contributed by atoms with E-state index >= 15 is 0 Å². The highest BCUT2D eigenvalue weighted by Crippen LogP contribution is 2.38. The number of carbonyl (C=O) groups excluding carboxylic acids is 3. The van der Waals surface area contributed by atoms with E-state index in [1.54, 1.807) is 0 Å². The van der Waals surface area contributed by atoms with Crippen LogP contribution in [-0.2, 0) is 33.3 Å². The minimum atomic E-state index is -1.08. The fourth-order valence-electron chi connectivity index (χ4n) is 3.67. The predicted molar refractivity (Wildman–Crippen MR) is 86.4 cm³/mol. The molecule has 0 bridgehead atoms. The van der Waals surface area contributed by atoms with Crippen LogP contribution in [0.5, 0.6) is 0 Å². The molecule has 25 heavy (non-hydrogen) atoms. The van der Waals surface area contributed by atoms with Crippen LogP contribution < -0.4 is 5.32 Å². The maximum absolute atomic E-state index is 11.9. The zero-order valence-corrected chi connectivity index (χ0v) is 15.0. The fourth-order valence-corrected chi connectivity index (χ4v) is 3.67. The number of amides is 1. The van der Waals surface area contributed by atoms with Crippen LogP contribution in [0.3, 0.4) is 0 Å². The van der Waals surface area contributed by atoms with Gasteiger partial charge in [-0.3, -0.25) is 14.4 Å². The van der Waals surface area contributed by atoms with E-state index in [1.165, 1.54) is 20.8 Å². The van der Waals surface area contributed by atoms with Crippen LogP contribution in [0.15, 0.2) is 0 Å². The molecule has 8 nitrogen and oxygen atoms in total. The van der Waals surface area contributed by atoms with E-state index in [-0.39, 0.29) is 12.3 Å². The van der Waals surface area contributed by atoms with Gasteiger partial charge in [-0.1, -0.05) is 0 Å². The van der Waals surface area contributed by atoms with Gasteiger partial charge in [0, 0.05) is 27.2 Å². The first-order chi connectivity index (χ1) is 11.8. The maximum Gasteiger partial charge on any atom is 0.302 e. The molecule has 1 saturated heterocycles. The molecule has 1 saturated carbocycles. The number of ether oxygens (including phenoxy) is 4. The number of rotatable bonds is 5. The maximum atomic E-state index is 11.9. The Bertz CT molecular complexity index is 477. The van der Waals surface area contributed by atoms with E-state index in [4.69, 9.17) is 18.9 Å². The summed E-state index contributed by atoms with van der Waals surface area (Å²) in [6.45, 7) is 5.13. The van der Waals surface area contributed by atoms with Gasteiger partial charge in [-0.15, -0.1) is 0 Å². The van der Waals surface area contributed by atoms with E-state index in [9.17, 15) is 14.4 Å². The van der Waals surface area contributed by atoms with Gasteiger partial charge in [0.2, 0.25) is 5.91 Å². The van der Waals surface area contributed by atoms with Crippen molar-refractivity contribution in [1.29, 1.82) is 0 Å². The molecule has 0 aromatic carbocycles. The summed E-state index contributed by atoms with van der Waals surface area (Å²) in [6.07, 6.45) is 1.06. The minimum Gasteiger partial charge on any atom is -0.460 e. The first kappa shape index (κ1) is 19.7. The molecule has 0 radical (unpaired) electrons. The van der Waals surface area contributed by atoms with Crippen molar-refractivity contribution in [3.63, 3.8) is 0 Å². The van der Waals surface area contributed by atoms with E-state index in [0.717, 1.165) is 6.42 Å². The third-order valence-electron chi connectivity index (χ3n) is 4.51. The van der Waals surface area contributed by atoms with Gasteiger partial charge in [0.25, 0.3) is 0 Å². The second-order valence-corrected chi connectivity index (χ2v) is 6.58. The molecule has 0 spiro atoms. The topological polar surface area (TPSA) is 100 Å². The molecule has 3 atom stereocenters. The predicted octanol–water partition coefficient (Wildman–Crippen LogP) is 1.06. The Hall–Kier alpha value is -1.67. The lowest BCUT2D eigenvalue weighted by Gasteiger charge is -2.49. The summed E-state index contributed by atoms with van der Waals surface area (Å²) in [6, 6.07) is 0. The zero-order valence-electron chi connectivity index (χ0n) is 15.0. The first-order valence-electron chi connectivity index (χ1n) is 8.70. The highest BCUT2D eigenvalue weighted by Gasteiger charge is 2.54. The molecule has 2 aliphatic rings. The molecule has 0 aromatic rings. The quantitative estimate of drug-likeness (QED) is 0.734. The largest absolute Gasteiger partial charge is 0.460 e. The highest BCUT2D eigenvalue weighted by molar-refractivity contribution is 5.74. The van der Waals surface area contributed by atoms with Crippen molar-refractivity contribution in [2.75, 3.05) is 13.2 Å². The number of hydrogen-bond donors (Lipinski definition) is 1. The highest BCUT2D eigenvalue weighted by atomic mass is 16.7. The normalized spacial score (nSPS) is 30.4. The summed E-state index contributed by atoms with van der Waals surface area (Å²) in [4.78, 5) is 35.2. The van der Waals surface area contributed by atoms with E-state index in [0.29, 0.717) is 32.5 Å². The van der Waals surface area contributed by atoms with Gasteiger partial charge in [0.05, 0.1) is 13.2 Å². The van der Waals surface area contributed by atoms with Crippen molar-refractivity contribution in [3.8, 4) is 0 Å². The van der Waals surface area contributed by atoms with Crippen molar-refractivity contribution >= 4 is 17.8 Å². The first-order valence-corrected chi connectivity index (χ1v) is 8.70. The van der Waals surface area contributed by atoms with Crippen molar-refractivity contribution in [1.82, 2.24) is 5.32 Å². The van der Waals surface area contributed by atoms with E-state index in [1.807, 2.05) is 0 Å². The Labute approximate surface area is 147 Å². The molecule has 2 fully saturated rings. The third-order valence-corrected chi connectivity index (χ3v) is 4.51. The Morgan fingerprint density at radius 1 is 0.960 bits per heavy atom. The number of esters is 2. The Morgan fingerprint density at radius 3 is 1.92 bits per heavy atom. The lowest BCUT2D eigenvalue weighted by molar-refractivity contribution is -0.215. The Morgan fingerprint density at radius 2 is 1.48 bits per heavy atom. The van der Waals surface area contributed by atoms with Crippen LogP contribution in [0.1, 0.15) is 52.9 Å². The summed E-state index contributed by atoms with van der Waals surface area (Å²) in [5, 5.41) is 2.90. The average molecular weight is 357 g/mol. The lowest BCUT2D eigenvalue weighted by Crippen LogP contribution is -2.68. The van der Waals surface area contributed by atoms with Crippen LogP contribution in [0.25, 0.3) is 0 Å². The molecule has 1 aliphatic heterocycles. The Balaban J connectivity index is 2.35. The molecule has 8 heteroatoms. The minimum absolute atomic E-state index is 0.239. The van der Waals surface area contributed by atoms with E-state index in [2.05, 4.69) is 5.32 Å². The van der Waals surface area contributed by atoms with Crippen LogP contribution in [-0.4, -0.2) is 55.1 Å². The summed E-state index contributed by atoms with van der Waals surface area (Å²) in [5.41, 5.74) is -1.08. The van der Waals surface area contributed by atoms with Gasteiger partial charge in [-0.05, 0) is 25.7 Å². The van der Waals surface area contributed by atoms with Crippen LogP contribution >= 0.6 is 0 Å². The van der Waals surface area contributed by atoms with Gasteiger partial charge in [-0.2, -0.15) is 0 Å². The third kappa shape index (κ3) is 5.15. The summed E-state index contributed by atoms with van der Waals surface area (Å²) in [5.74, 6) is -1.20. The van der Waals surface area contributed by atoms with Gasteiger partial charge < -0.3 is 24.3 Å². The molecule has 2 rings (SSSR count). The smallest absolute Gasteiger partial charge is 0.302 e.